The van der Waals surface area contributed by atoms with E-state index in [1.807, 2.05) is 31.2 Å². The highest BCUT2D eigenvalue weighted by Gasteiger charge is 2.22. The van der Waals surface area contributed by atoms with Gasteiger partial charge in [0.25, 0.3) is 0 Å². The topological polar surface area (TPSA) is 59.6 Å². The summed E-state index contributed by atoms with van der Waals surface area (Å²) in [7, 11) is 0. The third kappa shape index (κ3) is 2.70. The molecule has 1 heterocycles. The lowest BCUT2D eigenvalue weighted by molar-refractivity contribution is 0.283. The minimum atomic E-state index is -0.139. The van der Waals surface area contributed by atoms with Crippen LogP contribution in [0.3, 0.4) is 0 Å². The number of ether oxygens (including phenoxy) is 1. The summed E-state index contributed by atoms with van der Waals surface area (Å²) in [6.45, 7) is 6.12. The quantitative estimate of drug-likeness (QED) is 0.781. The molecule has 0 amide bonds. The van der Waals surface area contributed by atoms with Gasteiger partial charge in [-0.15, -0.1) is 0 Å². The molecule has 0 spiro atoms. The zero-order valence-electron chi connectivity index (χ0n) is 12.5. The molecule has 0 fully saturated rings. The van der Waals surface area contributed by atoms with Gasteiger partial charge in [-0.2, -0.15) is 0 Å². The smallest absolute Gasteiger partial charge is 0.153 e. The number of hydrogen-bond donors (Lipinski definition) is 2. The Balaban J connectivity index is 1.96. The fraction of sp³-hybridized carbons (Fsp3) is 0.235. The predicted molar refractivity (Wildman–Crippen MR) is 87.6 cm³/mol. The summed E-state index contributed by atoms with van der Waals surface area (Å²) in [4.78, 5) is 4.71. The Morgan fingerprint density at radius 2 is 1.95 bits per heavy atom. The van der Waals surface area contributed by atoms with Crippen LogP contribution in [-0.2, 0) is 0 Å². The lowest BCUT2D eigenvalue weighted by atomic mass is 10.1. The van der Waals surface area contributed by atoms with Crippen molar-refractivity contribution in [3.63, 3.8) is 0 Å². The highest BCUT2D eigenvalue weighted by molar-refractivity contribution is 6.03. The van der Waals surface area contributed by atoms with Crippen molar-refractivity contribution in [1.82, 2.24) is 0 Å². The third-order valence-electron chi connectivity index (χ3n) is 3.55. The molecule has 4 heteroatoms. The summed E-state index contributed by atoms with van der Waals surface area (Å²) in [5.41, 5.74) is 10.7. The van der Waals surface area contributed by atoms with Crippen molar-refractivity contribution in [1.29, 1.82) is 0 Å². The minimum absolute atomic E-state index is 0.139. The maximum Gasteiger partial charge on any atom is 0.153 e. The molecule has 21 heavy (non-hydrogen) atoms. The fourth-order valence-corrected chi connectivity index (χ4v) is 2.41. The van der Waals surface area contributed by atoms with E-state index < -0.39 is 0 Å². The first-order valence-electron chi connectivity index (χ1n) is 7.02. The van der Waals surface area contributed by atoms with Gasteiger partial charge in [-0.1, -0.05) is 17.7 Å². The summed E-state index contributed by atoms with van der Waals surface area (Å²) < 4.78 is 5.89. The normalized spacial score (nSPS) is 18.8. The van der Waals surface area contributed by atoms with E-state index in [0.29, 0.717) is 5.69 Å². The molecule has 0 aromatic heterocycles. The summed E-state index contributed by atoms with van der Waals surface area (Å²) in [5.74, 6) is 1.57. The minimum Gasteiger partial charge on any atom is -0.481 e. The number of nitrogens with zero attached hydrogens (tertiary/aromatic N) is 1. The Kier molecular flexibility index (Phi) is 3.29. The van der Waals surface area contributed by atoms with Crippen molar-refractivity contribution >= 4 is 22.9 Å². The van der Waals surface area contributed by atoms with Crippen LogP contribution in [0.4, 0.5) is 17.1 Å². The number of nitrogen functional groups attached to an aromatic ring is 1. The lowest BCUT2D eigenvalue weighted by Crippen LogP contribution is -2.34. The first-order chi connectivity index (χ1) is 10.0. The number of amidine groups is 1. The van der Waals surface area contributed by atoms with Crippen molar-refractivity contribution in [2.45, 2.75) is 26.9 Å². The van der Waals surface area contributed by atoms with Gasteiger partial charge >= 0.3 is 0 Å². The molecule has 1 atom stereocenters. The second-order valence-corrected chi connectivity index (χ2v) is 5.43. The SMILES string of the molecule is Cc1ccc(N=C2Nc3ccc(N)cc3OC2C)c(C)c1. The van der Waals surface area contributed by atoms with Gasteiger partial charge in [-0.05, 0) is 44.5 Å². The summed E-state index contributed by atoms with van der Waals surface area (Å²) in [6, 6.07) is 11.8. The number of anilines is 2. The Morgan fingerprint density at radius 3 is 2.71 bits per heavy atom. The van der Waals surface area contributed by atoms with Crippen LogP contribution in [0.1, 0.15) is 18.1 Å². The van der Waals surface area contributed by atoms with E-state index in [-0.39, 0.29) is 6.10 Å². The molecule has 2 aromatic rings. The Hall–Kier alpha value is -2.49. The molecule has 4 nitrogen and oxygen atoms in total. The van der Waals surface area contributed by atoms with Gasteiger partial charge in [0.05, 0.1) is 11.4 Å². The van der Waals surface area contributed by atoms with E-state index in [1.54, 1.807) is 0 Å². The van der Waals surface area contributed by atoms with E-state index in [1.165, 1.54) is 5.56 Å². The van der Waals surface area contributed by atoms with Gasteiger partial charge in [-0.25, -0.2) is 4.99 Å². The van der Waals surface area contributed by atoms with Crippen LogP contribution >= 0.6 is 0 Å². The molecule has 3 rings (SSSR count). The van der Waals surface area contributed by atoms with E-state index in [0.717, 1.165) is 28.5 Å². The van der Waals surface area contributed by atoms with E-state index in [2.05, 4.69) is 31.3 Å². The first-order valence-corrected chi connectivity index (χ1v) is 7.02. The molecule has 3 N–H and O–H groups in total. The van der Waals surface area contributed by atoms with Crippen LogP contribution in [0, 0.1) is 13.8 Å². The van der Waals surface area contributed by atoms with Gasteiger partial charge in [-0.3, -0.25) is 0 Å². The second kappa shape index (κ2) is 5.13. The van der Waals surface area contributed by atoms with Crippen LogP contribution in [0.2, 0.25) is 0 Å². The molecule has 2 aromatic carbocycles. The molecule has 1 aliphatic heterocycles. The van der Waals surface area contributed by atoms with Gasteiger partial charge in [0.2, 0.25) is 0 Å². The molecule has 1 aliphatic rings. The molecule has 108 valence electrons. The monoisotopic (exact) mass is 281 g/mol. The average molecular weight is 281 g/mol. The van der Waals surface area contributed by atoms with Crippen molar-refractivity contribution in [2.24, 2.45) is 4.99 Å². The zero-order chi connectivity index (χ0) is 15.0. The maximum absolute atomic E-state index is 5.89. The Morgan fingerprint density at radius 1 is 1.14 bits per heavy atom. The molecule has 0 saturated carbocycles. The van der Waals surface area contributed by atoms with Crippen molar-refractivity contribution in [2.75, 3.05) is 11.1 Å². The Labute approximate surface area is 124 Å². The number of nitrogens with two attached hydrogens (primary N) is 1. The third-order valence-corrected chi connectivity index (χ3v) is 3.55. The largest absolute Gasteiger partial charge is 0.481 e. The predicted octanol–water partition coefficient (Wildman–Crippen LogP) is 3.81. The molecule has 0 aliphatic carbocycles. The number of nitrogens with one attached hydrogen (secondary N) is 1. The van der Waals surface area contributed by atoms with Gasteiger partial charge in [0, 0.05) is 11.8 Å². The molecule has 0 saturated heterocycles. The lowest BCUT2D eigenvalue weighted by Gasteiger charge is -2.26. The molecule has 0 radical (unpaired) electrons. The van der Waals surface area contributed by atoms with Gasteiger partial charge in [0.1, 0.15) is 11.6 Å². The van der Waals surface area contributed by atoms with E-state index in [9.17, 15) is 0 Å². The van der Waals surface area contributed by atoms with Crippen LogP contribution in [0.5, 0.6) is 5.75 Å². The number of hydrogen-bond acceptors (Lipinski definition) is 3. The zero-order valence-corrected chi connectivity index (χ0v) is 12.5. The van der Waals surface area contributed by atoms with E-state index in [4.69, 9.17) is 15.5 Å². The maximum atomic E-state index is 5.89. The number of rotatable bonds is 1. The molecule has 0 bridgehead atoms. The van der Waals surface area contributed by atoms with Crippen molar-refractivity contribution < 1.29 is 4.74 Å². The summed E-state index contributed by atoms with van der Waals surface area (Å²) in [5, 5.41) is 3.33. The summed E-state index contributed by atoms with van der Waals surface area (Å²) >= 11 is 0. The number of aliphatic imine (C=N–C) groups is 1. The average Bonchev–Trinajstić information content (AvgIpc) is 2.42. The Bertz CT molecular complexity index is 722. The first kappa shape index (κ1) is 13.5. The number of aryl methyl sites for hydroxylation is 2. The number of fused-ring (bicyclic) bond motifs is 1. The summed E-state index contributed by atoms with van der Waals surface area (Å²) in [6.07, 6.45) is -0.139. The highest BCUT2D eigenvalue weighted by Crippen LogP contribution is 2.32. The highest BCUT2D eigenvalue weighted by atomic mass is 16.5. The van der Waals surface area contributed by atoms with Crippen molar-refractivity contribution in [3.05, 3.63) is 47.5 Å². The van der Waals surface area contributed by atoms with Crippen LogP contribution in [0.25, 0.3) is 0 Å². The fourth-order valence-electron chi connectivity index (χ4n) is 2.41. The van der Waals surface area contributed by atoms with Crippen LogP contribution < -0.4 is 15.8 Å². The molecule has 1 unspecified atom stereocenters. The molecular weight excluding hydrogens is 262 g/mol. The van der Waals surface area contributed by atoms with E-state index >= 15 is 0 Å². The standard InChI is InChI=1S/C17H19N3O/c1-10-4-6-14(11(2)8-10)19-17-12(3)21-16-9-13(18)5-7-15(16)20-17/h4-9,12H,18H2,1-3H3,(H,19,20). The van der Waals surface area contributed by atoms with Crippen LogP contribution in [-0.4, -0.2) is 11.9 Å². The molecular formula is C17H19N3O. The van der Waals surface area contributed by atoms with Gasteiger partial charge < -0.3 is 15.8 Å². The second-order valence-electron chi connectivity index (χ2n) is 5.43. The van der Waals surface area contributed by atoms with Crippen LogP contribution in [0.15, 0.2) is 41.4 Å². The van der Waals surface area contributed by atoms with Gasteiger partial charge in [0.15, 0.2) is 6.10 Å². The number of benzene rings is 2. The van der Waals surface area contributed by atoms with Crippen molar-refractivity contribution in [3.8, 4) is 5.75 Å².